The molecule has 8 heteroatoms. The number of hydrogen-bond donors (Lipinski definition) is 2. The zero-order valence-electron chi connectivity index (χ0n) is 12.2. The number of nitrogens with zero attached hydrogens (tertiary/aromatic N) is 2. The van der Waals surface area contributed by atoms with E-state index >= 15 is 0 Å². The summed E-state index contributed by atoms with van der Waals surface area (Å²) in [7, 11) is 1.40. The first-order chi connectivity index (χ1) is 10.9. The normalized spacial score (nSPS) is 11.7. The van der Waals surface area contributed by atoms with Crippen LogP contribution in [0.25, 0.3) is 0 Å². The minimum atomic E-state index is -1.12. The zero-order valence-corrected chi connectivity index (χ0v) is 12.2. The average molecular weight is 319 g/mol. The highest BCUT2D eigenvalue weighted by molar-refractivity contribution is 5.92. The summed E-state index contributed by atoms with van der Waals surface area (Å²) in [6, 6.07) is 6.75. The largest absolute Gasteiger partial charge is 0.481 e. The predicted molar refractivity (Wildman–Crippen MR) is 78.3 cm³/mol. The lowest BCUT2D eigenvalue weighted by molar-refractivity contribution is -0.137. The smallest absolute Gasteiger partial charge is 0.305 e. The average Bonchev–Trinajstić information content (AvgIpc) is 2.49. The van der Waals surface area contributed by atoms with Gasteiger partial charge in [-0.2, -0.15) is 5.10 Å². The van der Waals surface area contributed by atoms with Crippen LogP contribution in [0.2, 0.25) is 0 Å². The van der Waals surface area contributed by atoms with E-state index in [4.69, 9.17) is 5.11 Å². The Labute approximate surface area is 130 Å². The molecule has 0 unspecified atom stereocenters. The maximum atomic E-state index is 13.0. The highest BCUT2D eigenvalue weighted by Crippen LogP contribution is 2.18. The molecule has 0 aliphatic carbocycles. The summed E-state index contributed by atoms with van der Waals surface area (Å²) in [6.45, 7) is 0. The summed E-state index contributed by atoms with van der Waals surface area (Å²) in [4.78, 5) is 34.4. The molecule has 0 radical (unpaired) electrons. The third kappa shape index (κ3) is 4.22. The Hall–Kier alpha value is -3.03. The molecule has 0 spiro atoms. The zero-order chi connectivity index (χ0) is 17.0. The Kier molecular flexibility index (Phi) is 4.85. The monoisotopic (exact) mass is 319 g/mol. The molecule has 1 aromatic carbocycles. The summed E-state index contributed by atoms with van der Waals surface area (Å²) >= 11 is 0. The van der Waals surface area contributed by atoms with Crippen molar-refractivity contribution in [3.8, 4) is 0 Å². The molecule has 2 aromatic rings. The van der Waals surface area contributed by atoms with Gasteiger partial charge in [-0.05, 0) is 23.8 Å². The molecule has 23 heavy (non-hydrogen) atoms. The van der Waals surface area contributed by atoms with Crippen LogP contribution in [0, 0.1) is 5.82 Å². The van der Waals surface area contributed by atoms with Crippen LogP contribution in [0.4, 0.5) is 4.39 Å². The van der Waals surface area contributed by atoms with Crippen LogP contribution in [-0.4, -0.2) is 26.8 Å². The molecule has 1 heterocycles. The van der Waals surface area contributed by atoms with Crippen LogP contribution in [0.3, 0.4) is 0 Å². The number of carboxylic acid groups (broad SMARTS) is 1. The van der Waals surface area contributed by atoms with Gasteiger partial charge in [-0.1, -0.05) is 12.1 Å². The minimum absolute atomic E-state index is 0.0235. The molecule has 2 rings (SSSR count). The summed E-state index contributed by atoms with van der Waals surface area (Å²) in [5.41, 5.74) is 0.0544. The van der Waals surface area contributed by atoms with Crippen molar-refractivity contribution >= 4 is 11.9 Å². The van der Waals surface area contributed by atoms with Crippen LogP contribution >= 0.6 is 0 Å². The fourth-order valence-corrected chi connectivity index (χ4v) is 1.98. The number of aliphatic carboxylic acids is 1. The van der Waals surface area contributed by atoms with Crippen molar-refractivity contribution in [3.05, 3.63) is 63.8 Å². The Morgan fingerprint density at radius 1 is 1.26 bits per heavy atom. The summed E-state index contributed by atoms with van der Waals surface area (Å²) < 4.78 is 14.0. The van der Waals surface area contributed by atoms with Gasteiger partial charge < -0.3 is 10.4 Å². The highest BCUT2D eigenvalue weighted by atomic mass is 19.1. The van der Waals surface area contributed by atoms with Crippen LogP contribution in [0.15, 0.2) is 41.2 Å². The number of hydrogen-bond acceptors (Lipinski definition) is 4. The van der Waals surface area contributed by atoms with Crippen molar-refractivity contribution in [2.45, 2.75) is 12.5 Å². The number of aromatic nitrogens is 2. The first kappa shape index (κ1) is 16.3. The van der Waals surface area contributed by atoms with E-state index in [9.17, 15) is 18.8 Å². The number of halogens is 1. The Bertz CT molecular complexity index is 786. The summed E-state index contributed by atoms with van der Waals surface area (Å²) in [6.07, 6.45) is -0.372. The second-order valence-electron chi connectivity index (χ2n) is 4.86. The first-order valence-corrected chi connectivity index (χ1v) is 6.69. The molecule has 0 saturated heterocycles. The van der Waals surface area contributed by atoms with Crippen molar-refractivity contribution in [2.75, 3.05) is 0 Å². The van der Waals surface area contributed by atoms with E-state index < -0.39 is 23.7 Å². The third-order valence-electron chi connectivity index (χ3n) is 3.15. The number of amides is 1. The molecule has 0 saturated carbocycles. The number of benzene rings is 1. The topological polar surface area (TPSA) is 101 Å². The van der Waals surface area contributed by atoms with Gasteiger partial charge in [0.15, 0.2) is 0 Å². The van der Waals surface area contributed by atoms with Gasteiger partial charge >= 0.3 is 5.97 Å². The molecular weight excluding hydrogens is 305 g/mol. The van der Waals surface area contributed by atoms with Crippen molar-refractivity contribution in [3.63, 3.8) is 0 Å². The van der Waals surface area contributed by atoms with Crippen molar-refractivity contribution < 1.29 is 19.1 Å². The van der Waals surface area contributed by atoms with Gasteiger partial charge in [0, 0.05) is 13.1 Å². The Balaban J connectivity index is 2.24. The van der Waals surface area contributed by atoms with Crippen molar-refractivity contribution in [1.82, 2.24) is 15.1 Å². The van der Waals surface area contributed by atoms with Gasteiger partial charge in [0.2, 0.25) is 0 Å². The number of nitrogens with one attached hydrogen (secondary N) is 1. The molecule has 1 amide bonds. The Morgan fingerprint density at radius 3 is 2.48 bits per heavy atom. The van der Waals surface area contributed by atoms with Gasteiger partial charge in [0.05, 0.1) is 12.5 Å². The summed E-state index contributed by atoms with van der Waals surface area (Å²) in [5.74, 6) is -2.21. The predicted octanol–water partition coefficient (Wildman–Crippen LogP) is 0.865. The maximum Gasteiger partial charge on any atom is 0.305 e. The van der Waals surface area contributed by atoms with Crippen LogP contribution in [-0.2, 0) is 11.8 Å². The lowest BCUT2D eigenvalue weighted by atomic mass is 10.0. The van der Waals surface area contributed by atoms with E-state index in [-0.39, 0.29) is 17.7 Å². The van der Waals surface area contributed by atoms with E-state index in [1.165, 1.54) is 43.4 Å². The number of carboxylic acids is 1. The third-order valence-corrected chi connectivity index (χ3v) is 3.15. The Morgan fingerprint density at radius 2 is 1.91 bits per heavy atom. The first-order valence-electron chi connectivity index (χ1n) is 6.69. The van der Waals surface area contributed by atoms with Crippen molar-refractivity contribution in [1.29, 1.82) is 0 Å². The number of carbonyl (C=O) groups excluding carboxylic acids is 1. The van der Waals surface area contributed by atoms with E-state index in [1.807, 2.05) is 0 Å². The molecule has 2 N–H and O–H groups in total. The SMILES string of the molecule is Cn1nc(C(=O)N[C@H](CC(=O)O)c2ccc(F)cc2)ccc1=O. The fraction of sp³-hybridized carbons (Fsp3) is 0.200. The number of aryl methyl sites for hydroxylation is 1. The van der Waals surface area contributed by atoms with E-state index in [0.717, 1.165) is 4.68 Å². The number of rotatable bonds is 5. The van der Waals surface area contributed by atoms with Gasteiger partial charge in [-0.15, -0.1) is 0 Å². The molecule has 120 valence electrons. The summed E-state index contributed by atoms with van der Waals surface area (Å²) in [5, 5.41) is 15.3. The van der Waals surface area contributed by atoms with Crippen LogP contribution in [0.5, 0.6) is 0 Å². The van der Waals surface area contributed by atoms with Gasteiger partial charge in [-0.25, -0.2) is 9.07 Å². The van der Waals surface area contributed by atoms with Crippen molar-refractivity contribution in [2.24, 2.45) is 7.05 Å². The standard InChI is InChI=1S/C15H14FN3O4/c1-19-13(20)7-6-11(18-19)15(23)17-12(8-14(21)22)9-2-4-10(16)5-3-9/h2-7,12H,8H2,1H3,(H,17,23)(H,21,22)/t12-/m1/s1. The van der Waals surface area contributed by atoms with Gasteiger partial charge in [0.1, 0.15) is 11.5 Å². The van der Waals surface area contributed by atoms with E-state index in [2.05, 4.69) is 10.4 Å². The molecular formula is C15H14FN3O4. The van der Waals surface area contributed by atoms with Gasteiger partial charge in [-0.3, -0.25) is 14.4 Å². The quantitative estimate of drug-likeness (QED) is 0.851. The molecule has 1 aromatic heterocycles. The molecule has 0 aliphatic heterocycles. The molecule has 1 atom stereocenters. The number of carbonyl (C=O) groups is 2. The second kappa shape index (κ2) is 6.82. The van der Waals surface area contributed by atoms with Crippen LogP contribution < -0.4 is 10.9 Å². The molecule has 0 aliphatic rings. The second-order valence-corrected chi connectivity index (χ2v) is 4.86. The minimum Gasteiger partial charge on any atom is -0.481 e. The maximum absolute atomic E-state index is 13.0. The fourth-order valence-electron chi connectivity index (χ4n) is 1.98. The van der Waals surface area contributed by atoms with Crippen LogP contribution in [0.1, 0.15) is 28.5 Å². The lowest BCUT2D eigenvalue weighted by Crippen LogP contribution is -2.32. The molecule has 7 nitrogen and oxygen atoms in total. The van der Waals surface area contributed by atoms with E-state index in [1.54, 1.807) is 0 Å². The molecule has 0 bridgehead atoms. The highest BCUT2D eigenvalue weighted by Gasteiger charge is 2.20. The van der Waals surface area contributed by atoms with Gasteiger partial charge in [0.25, 0.3) is 11.5 Å². The van der Waals surface area contributed by atoms with E-state index in [0.29, 0.717) is 5.56 Å². The molecule has 0 fully saturated rings. The lowest BCUT2D eigenvalue weighted by Gasteiger charge is -2.17.